The van der Waals surface area contributed by atoms with Gasteiger partial charge >= 0.3 is 0 Å². The van der Waals surface area contributed by atoms with Crippen molar-refractivity contribution < 1.29 is 4.79 Å². The van der Waals surface area contributed by atoms with Gasteiger partial charge in [-0.15, -0.1) is 0 Å². The molecule has 0 aliphatic heterocycles. The highest BCUT2D eigenvalue weighted by atomic mass is 16.1. The summed E-state index contributed by atoms with van der Waals surface area (Å²) in [6.45, 7) is 6.99. The summed E-state index contributed by atoms with van der Waals surface area (Å²) in [5, 5.41) is 3.00. The fourth-order valence-electron chi connectivity index (χ4n) is 1.20. The maximum atomic E-state index is 11.3. The minimum absolute atomic E-state index is 0.0892. The van der Waals surface area contributed by atoms with E-state index in [-0.39, 0.29) is 11.8 Å². The van der Waals surface area contributed by atoms with Crippen LogP contribution < -0.4 is 5.32 Å². The predicted molar refractivity (Wildman–Crippen MR) is 60.2 cm³/mol. The van der Waals surface area contributed by atoms with Crippen LogP contribution in [0, 0.1) is 5.92 Å². The van der Waals surface area contributed by atoms with Crippen LogP contribution in [-0.2, 0) is 4.79 Å². The lowest BCUT2D eigenvalue weighted by Crippen LogP contribution is -2.35. The molecule has 3 nitrogen and oxygen atoms in total. The molecule has 0 saturated heterocycles. The Labute approximate surface area is 87.9 Å². The smallest absolute Gasteiger partial charge is 0.222 e. The molecule has 3 heteroatoms. The third-order valence-corrected chi connectivity index (χ3v) is 2.16. The fourth-order valence-corrected chi connectivity index (χ4v) is 1.20. The number of hydrogen-bond acceptors (Lipinski definition) is 2. The molecule has 0 fully saturated rings. The lowest BCUT2D eigenvalue weighted by atomic mass is 10.1. The Morgan fingerprint density at radius 3 is 2.29 bits per heavy atom. The van der Waals surface area contributed by atoms with Crippen molar-refractivity contribution in [1.82, 2.24) is 10.2 Å². The third kappa shape index (κ3) is 6.89. The molecule has 14 heavy (non-hydrogen) atoms. The zero-order valence-electron chi connectivity index (χ0n) is 10.1. The van der Waals surface area contributed by atoms with E-state index in [1.807, 2.05) is 13.8 Å². The van der Waals surface area contributed by atoms with E-state index in [4.69, 9.17) is 0 Å². The molecule has 0 bridgehead atoms. The molecule has 0 saturated carbocycles. The Bertz CT molecular complexity index is 167. The van der Waals surface area contributed by atoms with Gasteiger partial charge in [-0.05, 0) is 40.4 Å². The SMILES string of the molecule is CC(CCCN(C)C)NC(=O)C(C)C. The monoisotopic (exact) mass is 200 g/mol. The summed E-state index contributed by atoms with van der Waals surface area (Å²) in [7, 11) is 4.13. The Kier molecular flexibility index (Phi) is 6.54. The van der Waals surface area contributed by atoms with E-state index in [0.717, 1.165) is 19.4 Å². The van der Waals surface area contributed by atoms with E-state index in [0.29, 0.717) is 6.04 Å². The normalized spacial score (nSPS) is 13.4. The van der Waals surface area contributed by atoms with Crippen molar-refractivity contribution in [3.63, 3.8) is 0 Å². The zero-order chi connectivity index (χ0) is 11.1. The maximum Gasteiger partial charge on any atom is 0.222 e. The Hall–Kier alpha value is -0.570. The molecular weight excluding hydrogens is 176 g/mol. The first-order valence-electron chi connectivity index (χ1n) is 5.38. The second kappa shape index (κ2) is 6.82. The van der Waals surface area contributed by atoms with Crippen molar-refractivity contribution in [3.8, 4) is 0 Å². The van der Waals surface area contributed by atoms with Crippen LogP contribution in [0.1, 0.15) is 33.6 Å². The van der Waals surface area contributed by atoms with Gasteiger partial charge in [0.2, 0.25) is 5.91 Å². The highest BCUT2D eigenvalue weighted by Gasteiger charge is 2.10. The van der Waals surface area contributed by atoms with E-state index in [1.54, 1.807) is 0 Å². The number of rotatable bonds is 6. The van der Waals surface area contributed by atoms with Crippen LogP contribution in [0.2, 0.25) is 0 Å². The second-order valence-corrected chi connectivity index (χ2v) is 4.51. The molecule has 0 aliphatic carbocycles. The topological polar surface area (TPSA) is 32.3 Å². The quantitative estimate of drug-likeness (QED) is 0.704. The van der Waals surface area contributed by atoms with E-state index in [9.17, 15) is 4.79 Å². The number of nitrogens with zero attached hydrogens (tertiary/aromatic N) is 1. The zero-order valence-corrected chi connectivity index (χ0v) is 10.1. The molecule has 1 amide bonds. The molecule has 0 aromatic rings. The van der Waals surface area contributed by atoms with E-state index >= 15 is 0 Å². The minimum Gasteiger partial charge on any atom is -0.353 e. The fraction of sp³-hybridized carbons (Fsp3) is 0.909. The molecule has 1 N–H and O–H groups in total. The molecule has 0 heterocycles. The Morgan fingerprint density at radius 1 is 1.29 bits per heavy atom. The average molecular weight is 200 g/mol. The van der Waals surface area contributed by atoms with Crippen LogP contribution in [0.25, 0.3) is 0 Å². The van der Waals surface area contributed by atoms with Gasteiger partial charge in [-0.1, -0.05) is 13.8 Å². The number of carbonyl (C=O) groups excluding carboxylic acids is 1. The highest BCUT2D eigenvalue weighted by molar-refractivity contribution is 5.78. The van der Waals surface area contributed by atoms with Crippen LogP contribution >= 0.6 is 0 Å². The summed E-state index contributed by atoms with van der Waals surface area (Å²) >= 11 is 0. The van der Waals surface area contributed by atoms with Gasteiger partial charge in [0.15, 0.2) is 0 Å². The second-order valence-electron chi connectivity index (χ2n) is 4.51. The van der Waals surface area contributed by atoms with E-state index in [1.165, 1.54) is 0 Å². The van der Waals surface area contributed by atoms with Crippen molar-refractivity contribution >= 4 is 5.91 Å². The summed E-state index contributed by atoms with van der Waals surface area (Å²) < 4.78 is 0. The molecule has 1 unspecified atom stereocenters. The van der Waals surface area contributed by atoms with E-state index < -0.39 is 0 Å². The molecule has 0 radical (unpaired) electrons. The summed E-state index contributed by atoms with van der Waals surface area (Å²) in [5.41, 5.74) is 0. The molecular formula is C11H24N2O. The Balaban J connectivity index is 3.55. The van der Waals surface area contributed by atoms with Gasteiger partial charge in [0.1, 0.15) is 0 Å². The van der Waals surface area contributed by atoms with Crippen molar-refractivity contribution in [2.24, 2.45) is 5.92 Å². The van der Waals surface area contributed by atoms with Gasteiger partial charge in [-0.2, -0.15) is 0 Å². The molecule has 0 spiro atoms. The molecule has 0 aliphatic rings. The number of nitrogens with one attached hydrogen (secondary N) is 1. The first-order chi connectivity index (χ1) is 6.43. The first-order valence-corrected chi connectivity index (χ1v) is 5.38. The lowest BCUT2D eigenvalue weighted by Gasteiger charge is -2.16. The van der Waals surface area contributed by atoms with Gasteiger partial charge in [-0.3, -0.25) is 4.79 Å². The van der Waals surface area contributed by atoms with Crippen LogP contribution in [-0.4, -0.2) is 37.5 Å². The maximum absolute atomic E-state index is 11.3. The van der Waals surface area contributed by atoms with Gasteiger partial charge in [0.25, 0.3) is 0 Å². The molecule has 0 aromatic heterocycles. The van der Waals surface area contributed by atoms with E-state index in [2.05, 4.69) is 31.2 Å². The van der Waals surface area contributed by atoms with Crippen molar-refractivity contribution in [2.45, 2.75) is 39.7 Å². The highest BCUT2D eigenvalue weighted by Crippen LogP contribution is 1.99. The summed E-state index contributed by atoms with van der Waals surface area (Å²) in [4.78, 5) is 13.5. The first kappa shape index (κ1) is 13.4. The molecule has 1 atom stereocenters. The average Bonchev–Trinajstić information content (AvgIpc) is 2.02. The van der Waals surface area contributed by atoms with Crippen molar-refractivity contribution in [1.29, 1.82) is 0 Å². The number of amides is 1. The van der Waals surface area contributed by atoms with Crippen molar-refractivity contribution in [3.05, 3.63) is 0 Å². The third-order valence-electron chi connectivity index (χ3n) is 2.16. The van der Waals surface area contributed by atoms with Crippen LogP contribution in [0.3, 0.4) is 0 Å². The lowest BCUT2D eigenvalue weighted by molar-refractivity contribution is -0.124. The summed E-state index contributed by atoms with van der Waals surface area (Å²) in [6, 6.07) is 0.296. The van der Waals surface area contributed by atoms with Crippen LogP contribution in [0.4, 0.5) is 0 Å². The van der Waals surface area contributed by atoms with Gasteiger partial charge in [0.05, 0.1) is 0 Å². The summed E-state index contributed by atoms with van der Waals surface area (Å²) in [5.74, 6) is 0.244. The largest absolute Gasteiger partial charge is 0.353 e. The van der Waals surface area contributed by atoms with Crippen LogP contribution in [0.15, 0.2) is 0 Å². The van der Waals surface area contributed by atoms with Crippen molar-refractivity contribution in [2.75, 3.05) is 20.6 Å². The number of carbonyl (C=O) groups is 1. The number of hydrogen-bond donors (Lipinski definition) is 1. The summed E-state index contributed by atoms with van der Waals surface area (Å²) in [6.07, 6.45) is 2.18. The van der Waals surface area contributed by atoms with Crippen LogP contribution in [0.5, 0.6) is 0 Å². The molecule has 0 aromatic carbocycles. The minimum atomic E-state index is 0.0892. The van der Waals surface area contributed by atoms with Gasteiger partial charge < -0.3 is 10.2 Å². The van der Waals surface area contributed by atoms with Gasteiger partial charge in [-0.25, -0.2) is 0 Å². The predicted octanol–water partition coefficient (Wildman–Crippen LogP) is 1.49. The Morgan fingerprint density at radius 2 is 1.86 bits per heavy atom. The van der Waals surface area contributed by atoms with Gasteiger partial charge in [0, 0.05) is 12.0 Å². The standard InChI is InChI=1S/C11H24N2O/c1-9(2)11(14)12-10(3)7-6-8-13(4)5/h9-10H,6-8H2,1-5H3,(H,12,14). The molecule has 84 valence electrons. The molecule has 0 rings (SSSR count).